The van der Waals surface area contributed by atoms with Gasteiger partial charge in [0.2, 0.25) is 5.95 Å². The number of aromatic nitrogens is 3. The number of rotatable bonds is 3. The molecule has 0 aliphatic rings. The van der Waals surface area contributed by atoms with Gasteiger partial charge in [-0.1, -0.05) is 164 Å². The van der Waals surface area contributed by atoms with Crippen molar-refractivity contribution < 1.29 is 0 Å². The first kappa shape index (κ1) is 31.8. The third-order valence-electron chi connectivity index (χ3n) is 12.2. The zero-order valence-electron chi connectivity index (χ0n) is 31.1. The van der Waals surface area contributed by atoms with Gasteiger partial charge in [0.05, 0.1) is 26.9 Å². The predicted molar refractivity (Wildman–Crippen MR) is 248 cm³/mol. The summed E-state index contributed by atoms with van der Waals surface area (Å²) in [7, 11) is 0. The van der Waals surface area contributed by atoms with Crippen LogP contribution in [0, 0.1) is 0 Å². The average Bonchev–Trinajstić information content (AvgIpc) is 3.83. The lowest BCUT2D eigenvalue weighted by atomic mass is 9.91. The van der Waals surface area contributed by atoms with Gasteiger partial charge < -0.3 is 0 Å². The lowest BCUT2D eigenvalue weighted by Gasteiger charge is -2.14. The van der Waals surface area contributed by atoms with Gasteiger partial charge in [-0.25, -0.2) is 9.97 Å². The first-order valence-electron chi connectivity index (χ1n) is 19.7. The third-order valence-corrected chi connectivity index (χ3v) is 13.3. The van der Waals surface area contributed by atoms with Crippen molar-refractivity contribution in [1.82, 2.24) is 14.5 Å². The van der Waals surface area contributed by atoms with Crippen LogP contribution in [0.5, 0.6) is 0 Å². The lowest BCUT2D eigenvalue weighted by Crippen LogP contribution is -2.03. The van der Waals surface area contributed by atoms with Crippen LogP contribution >= 0.6 is 11.3 Å². The second-order valence-electron chi connectivity index (χ2n) is 15.2. The maximum Gasteiger partial charge on any atom is 0.235 e. The van der Waals surface area contributed by atoms with Crippen LogP contribution in [-0.2, 0) is 0 Å². The summed E-state index contributed by atoms with van der Waals surface area (Å²) in [5, 5.41) is 15.9. The number of thiophene rings is 1. The van der Waals surface area contributed by atoms with Crippen LogP contribution in [0.15, 0.2) is 188 Å². The highest BCUT2D eigenvalue weighted by molar-refractivity contribution is 7.26. The Labute approximate surface area is 336 Å². The molecule has 13 aromatic rings. The van der Waals surface area contributed by atoms with E-state index in [1.165, 1.54) is 80.5 Å². The Morgan fingerprint density at radius 3 is 1.71 bits per heavy atom. The largest absolute Gasteiger partial charge is 0.278 e. The van der Waals surface area contributed by atoms with Gasteiger partial charge in [0.15, 0.2) is 0 Å². The van der Waals surface area contributed by atoms with Gasteiger partial charge in [-0.05, 0) is 83.9 Å². The number of hydrogen-bond donors (Lipinski definition) is 0. The van der Waals surface area contributed by atoms with E-state index in [9.17, 15) is 0 Å². The highest BCUT2D eigenvalue weighted by Gasteiger charge is 2.24. The van der Waals surface area contributed by atoms with Crippen molar-refractivity contribution in [2.75, 3.05) is 0 Å². The van der Waals surface area contributed by atoms with Gasteiger partial charge in [-0.15, -0.1) is 11.3 Å². The number of benzene rings is 10. The van der Waals surface area contributed by atoms with Crippen molar-refractivity contribution >= 4 is 107 Å². The van der Waals surface area contributed by atoms with E-state index in [1.807, 2.05) is 0 Å². The molecule has 0 bridgehead atoms. The maximum absolute atomic E-state index is 5.70. The Bertz CT molecular complexity index is 3820. The van der Waals surface area contributed by atoms with Crippen LogP contribution < -0.4 is 0 Å². The van der Waals surface area contributed by atoms with Gasteiger partial charge in [0.1, 0.15) is 0 Å². The highest BCUT2D eigenvalue weighted by Crippen LogP contribution is 2.46. The van der Waals surface area contributed by atoms with Gasteiger partial charge >= 0.3 is 0 Å². The second-order valence-corrected chi connectivity index (χ2v) is 16.3. The standard InChI is InChI=1S/C54H31N3S/c1-2-14-32(15-3-1)35-26-27-43(40-22-9-6-18-36(35)40)51-53-52(44-24-12-13-25-48(44)58-53)56-54(55-51)57-46-29-28-42-39-21-8-7-19-37(39)38-20-10-11-23-41(38)49(42)50(46)45-30-33-16-4-5-17-34(33)31-47(45)57/h1-31H. The molecule has 58 heavy (non-hydrogen) atoms. The topological polar surface area (TPSA) is 30.7 Å². The molecule has 0 radical (unpaired) electrons. The SMILES string of the molecule is c1ccc(-c2ccc(-c3nc(-n4c5cc6ccccc6cc5c5c6c7ccccc7c7ccccc7c6ccc54)nc4c3sc3ccccc34)c3ccccc23)cc1. The summed E-state index contributed by atoms with van der Waals surface area (Å²) in [4.78, 5) is 11.3. The maximum atomic E-state index is 5.70. The fourth-order valence-corrected chi connectivity index (χ4v) is 10.8. The highest BCUT2D eigenvalue weighted by atomic mass is 32.1. The average molecular weight is 754 g/mol. The summed E-state index contributed by atoms with van der Waals surface area (Å²) in [6, 6.07) is 68.3. The number of fused-ring (bicyclic) bond motifs is 15. The molecule has 0 aliphatic carbocycles. The van der Waals surface area contributed by atoms with E-state index in [1.54, 1.807) is 11.3 Å². The van der Waals surface area contributed by atoms with Crippen LogP contribution in [0.2, 0.25) is 0 Å². The molecule has 4 heteroatoms. The molecule has 0 N–H and O–H groups in total. The van der Waals surface area contributed by atoms with Crippen molar-refractivity contribution in [3.8, 4) is 28.3 Å². The fourth-order valence-electron chi connectivity index (χ4n) is 9.64. The molecule has 0 amide bonds. The molecule has 13 rings (SSSR count). The molecule has 0 unspecified atom stereocenters. The minimum Gasteiger partial charge on any atom is -0.278 e. The zero-order valence-corrected chi connectivity index (χ0v) is 32.0. The first-order valence-corrected chi connectivity index (χ1v) is 20.6. The Morgan fingerprint density at radius 1 is 0.379 bits per heavy atom. The molecule has 0 saturated heterocycles. The Balaban J connectivity index is 1.20. The molecule has 10 aromatic carbocycles. The normalized spacial score (nSPS) is 12.1. The van der Waals surface area contributed by atoms with Crippen LogP contribution in [0.3, 0.4) is 0 Å². The summed E-state index contributed by atoms with van der Waals surface area (Å²) in [6.07, 6.45) is 0. The van der Waals surface area contributed by atoms with E-state index in [-0.39, 0.29) is 0 Å². The zero-order chi connectivity index (χ0) is 37.9. The van der Waals surface area contributed by atoms with Crippen molar-refractivity contribution in [1.29, 1.82) is 0 Å². The van der Waals surface area contributed by atoms with Crippen LogP contribution in [-0.4, -0.2) is 14.5 Å². The van der Waals surface area contributed by atoms with Crippen molar-refractivity contribution in [3.05, 3.63) is 188 Å². The van der Waals surface area contributed by atoms with Crippen molar-refractivity contribution in [2.24, 2.45) is 0 Å². The molecule has 3 nitrogen and oxygen atoms in total. The monoisotopic (exact) mass is 753 g/mol. The summed E-state index contributed by atoms with van der Waals surface area (Å²) < 4.78 is 4.63. The number of nitrogens with zero attached hydrogens (tertiary/aromatic N) is 3. The van der Waals surface area contributed by atoms with E-state index in [4.69, 9.17) is 9.97 Å². The summed E-state index contributed by atoms with van der Waals surface area (Å²) in [5.74, 6) is 0.669. The number of hydrogen-bond acceptors (Lipinski definition) is 3. The third kappa shape index (κ3) is 4.43. The quantitative estimate of drug-likeness (QED) is 0.168. The van der Waals surface area contributed by atoms with Crippen LogP contribution in [0.1, 0.15) is 0 Å². The van der Waals surface area contributed by atoms with Gasteiger partial charge in [0.25, 0.3) is 0 Å². The molecular formula is C54H31N3S. The first-order chi connectivity index (χ1) is 28.8. The second kappa shape index (κ2) is 12.1. The Kier molecular flexibility index (Phi) is 6.60. The minimum absolute atomic E-state index is 0.669. The lowest BCUT2D eigenvalue weighted by molar-refractivity contribution is 1.02. The molecule has 0 atom stereocenters. The van der Waals surface area contributed by atoms with Gasteiger partial charge in [0, 0.05) is 31.8 Å². The molecule has 268 valence electrons. The Morgan fingerprint density at radius 2 is 0.948 bits per heavy atom. The summed E-state index contributed by atoms with van der Waals surface area (Å²) in [6.45, 7) is 0. The fraction of sp³-hybridized carbons (Fsp3) is 0. The molecule has 0 fully saturated rings. The van der Waals surface area contributed by atoms with Crippen molar-refractivity contribution in [2.45, 2.75) is 0 Å². The van der Waals surface area contributed by atoms with Crippen LogP contribution in [0.4, 0.5) is 0 Å². The Hall–Kier alpha value is -7.40. The smallest absolute Gasteiger partial charge is 0.235 e. The van der Waals surface area contributed by atoms with Crippen LogP contribution in [0.25, 0.3) is 124 Å². The van der Waals surface area contributed by atoms with E-state index in [2.05, 4.69) is 193 Å². The summed E-state index contributed by atoms with van der Waals surface area (Å²) >= 11 is 1.78. The van der Waals surface area contributed by atoms with Crippen molar-refractivity contribution in [3.63, 3.8) is 0 Å². The molecule has 0 spiro atoms. The summed E-state index contributed by atoms with van der Waals surface area (Å²) in [5.41, 5.74) is 7.62. The molecule has 0 saturated carbocycles. The predicted octanol–water partition coefficient (Wildman–Crippen LogP) is 15.0. The molecule has 3 heterocycles. The molecular weight excluding hydrogens is 723 g/mol. The van der Waals surface area contributed by atoms with Gasteiger partial charge in [-0.2, -0.15) is 0 Å². The van der Waals surface area contributed by atoms with E-state index < -0.39 is 0 Å². The van der Waals surface area contributed by atoms with E-state index >= 15 is 0 Å². The molecule has 3 aromatic heterocycles. The van der Waals surface area contributed by atoms with E-state index in [0.29, 0.717) is 5.95 Å². The van der Waals surface area contributed by atoms with E-state index in [0.717, 1.165) is 37.9 Å². The molecule has 0 aliphatic heterocycles. The minimum atomic E-state index is 0.669. The van der Waals surface area contributed by atoms with Gasteiger partial charge in [-0.3, -0.25) is 4.57 Å².